The van der Waals surface area contributed by atoms with E-state index in [0.717, 1.165) is 49.6 Å². The molecule has 2 aliphatic rings. The molecular weight excluding hydrogens is 354 g/mol. The van der Waals surface area contributed by atoms with E-state index in [4.69, 9.17) is 4.42 Å². The van der Waals surface area contributed by atoms with Crippen molar-refractivity contribution in [1.82, 2.24) is 15.1 Å². The molecule has 0 N–H and O–H groups in total. The van der Waals surface area contributed by atoms with Gasteiger partial charge in [-0.3, -0.25) is 4.79 Å². The molecule has 134 valence electrons. The van der Waals surface area contributed by atoms with Crippen LogP contribution in [-0.2, 0) is 17.6 Å². The number of carbonyl (C=O) groups excluding carboxylic acids is 1. The molecule has 4 rings (SSSR count). The molecule has 0 aromatic carbocycles. The molecule has 1 amide bonds. The number of likely N-dealkylation sites (tertiary alicyclic amines) is 1. The SMILES string of the molecule is C[C@H]1CCc2sc(-c3nnc(SCC(=O)N4CCCCC4)o3)cc2C1. The van der Waals surface area contributed by atoms with Crippen molar-refractivity contribution in [1.29, 1.82) is 0 Å². The smallest absolute Gasteiger partial charge is 0.277 e. The Balaban J connectivity index is 1.38. The fourth-order valence-electron chi connectivity index (χ4n) is 3.54. The second kappa shape index (κ2) is 7.50. The number of hydrogen-bond acceptors (Lipinski definition) is 6. The van der Waals surface area contributed by atoms with Crippen LogP contribution in [0, 0.1) is 5.92 Å². The molecule has 5 nitrogen and oxygen atoms in total. The quantitative estimate of drug-likeness (QED) is 0.753. The number of amides is 1. The number of fused-ring (bicyclic) bond motifs is 1. The van der Waals surface area contributed by atoms with E-state index in [1.807, 2.05) is 4.90 Å². The molecule has 0 bridgehead atoms. The van der Waals surface area contributed by atoms with Gasteiger partial charge in [-0.1, -0.05) is 18.7 Å². The van der Waals surface area contributed by atoms with Gasteiger partial charge in [0.2, 0.25) is 5.91 Å². The van der Waals surface area contributed by atoms with Crippen LogP contribution in [0.2, 0.25) is 0 Å². The molecule has 2 aromatic heterocycles. The first kappa shape index (κ1) is 17.1. The van der Waals surface area contributed by atoms with Crippen molar-refractivity contribution in [3.63, 3.8) is 0 Å². The molecule has 0 unspecified atom stereocenters. The van der Waals surface area contributed by atoms with Gasteiger partial charge < -0.3 is 9.32 Å². The van der Waals surface area contributed by atoms with Crippen LogP contribution in [0.1, 0.15) is 43.0 Å². The summed E-state index contributed by atoms with van der Waals surface area (Å²) in [6.07, 6.45) is 7.02. The van der Waals surface area contributed by atoms with Crippen LogP contribution in [0.25, 0.3) is 10.8 Å². The Bertz CT molecular complexity index is 749. The molecule has 25 heavy (non-hydrogen) atoms. The lowest BCUT2D eigenvalue weighted by molar-refractivity contribution is -0.129. The minimum Gasteiger partial charge on any atom is -0.410 e. The van der Waals surface area contributed by atoms with Gasteiger partial charge in [0.15, 0.2) is 0 Å². The fraction of sp³-hybridized carbons (Fsp3) is 0.611. The van der Waals surface area contributed by atoms with Crippen molar-refractivity contribution in [2.75, 3.05) is 18.8 Å². The highest BCUT2D eigenvalue weighted by Gasteiger charge is 2.22. The highest BCUT2D eigenvalue weighted by Crippen LogP contribution is 2.37. The molecular formula is C18H23N3O2S2. The number of nitrogens with zero attached hydrogens (tertiary/aromatic N) is 3. The number of aromatic nitrogens is 2. The zero-order chi connectivity index (χ0) is 17.2. The number of thiophene rings is 1. The first-order valence-corrected chi connectivity index (χ1v) is 10.9. The zero-order valence-electron chi connectivity index (χ0n) is 14.5. The minimum absolute atomic E-state index is 0.171. The topological polar surface area (TPSA) is 59.2 Å². The highest BCUT2D eigenvalue weighted by molar-refractivity contribution is 7.99. The molecule has 0 radical (unpaired) electrons. The van der Waals surface area contributed by atoms with Crippen LogP contribution in [0.15, 0.2) is 15.7 Å². The third-order valence-electron chi connectivity index (χ3n) is 4.97. The number of rotatable bonds is 4. The van der Waals surface area contributed by atoms with Crippen LogP contribution < -0.4 is 0 Å². The van der Waals surface area contributed by atoms with Crippen molar-refractivity contribution in [2.45, 2.75) is 50.7 Å². The lowest BCUT2D eigenvalue weighted by Crippen LogP contribution is -2.36. The fourth-order valence-corrected chi connectivity index (χ4v) is 5.33. The van der Waals surface area contributed by atoms with E-state index in [2.05, 4.69) is 23.2 Å². The van der Waals surface area contributed by atoms with E-state index in [-0.39, 0.29) is 5.91 Å². The summed E-state index contributed by atoms with van der Waals surface area (Å²) in [6, 6.07) is 2.20. The second-order valence-corrected chi connectivity index (χ2v) is 9.07. The molecule has 1 fully saturated rings. The Hall–Kier alpha value is -1.34. The molecule has 3 heterocycles. The highest BCUT2D eigenvalue weighted by atomic mass is 32.2. The molecule has 7 heteroatoms. The van der Waals surface area contributed by atoms with Crippen molar-refractivity contribution in [2.24, 2.45) is 5.92 Å². The van der Waals surface area contributed by atoms with Gasteiger partial charge in [0.25, 0.3) is 11.1 Å². The van der Waals surface area contributed by atoms with Crippen molar-refractivity contribution in [3.8, 4) is 10.8 Å². The first-order valence-electron chi connectivity index (χ1n) is 9.05. The summed E-state index contributed by atoms with van der Waals surface area (Å²) in [7, 11) is 0. The van der Waals surface area contributed by atoms with Crippen LogP contribution in [0.5, 0.6) is 0 Å². The predicted molar refractivity (Wildman–Crippen MR) is 100.0 cm³/mol. The van der Waals surface area contributed by atoms with Gasteiger partial charge in [0.1, 0.15) is 0 Å². The maximum atomic E-state index is 12.2. The van der Waals surface area contributed by atoms with Gasteiger partial charge in [-0.05, 0) is 56.1 Å². The molecule has 1 atom stereocenters. The lowest BCUT2D eigenvalue weighted by atomic mass is 9.90. The van der Waals surface area contributed by atoms with Crippen LogP contribution in [-0.4, -0.2) is 39.8 Å². The largest absolute Gasteiger partial charge is 0.410 e. The number of hydrogen-bond donors (Lipinski definition) is 0. The van der Waals surface area contributed by atoms with Gasteiger partial charge in [-0.15, -0.1) is 21.5 Å². The van der Waals surface area contributed by atoms with E-state index < -0.39 is 0 Å². The standard InChI is InChI=1S/C18H23N3O2S2/c1-12-5-6-14-13(9-12)10-15(25-14)17-19-20-18(23-17)24-11-16(22)21-7-3-2-4-8-21/h10,12H,2-9,11H2,1H3/t12-/m0/s1. The summed E-state index contributed by atoms with van der Waals surface area (Å²) in [4.78, 5) is 16.7. The van der Waals surface area contributed by atoms with E-state index in [1.54, 1.807) is 11.3 Å². The summed E-state index contributed by atoms with van der Waals surface area (Å²) in [5, 5.41) is 8.79. The van der Waals surface area contributed by atoms with Crippen molar-refractivity contribution >= 4 is 29.0 Å². The molecule has 1 saturated heterocycles. The molecule has 0 spiro atoms. The van der Waals surface area contributed by atoms with Crippen LogP contribution >= 0.6 is 23.1 Å². The summed E-state index contributed by atoms with van der Waals surface area (Å²) in [6.45, 7) is 4.07. The molecule has 2 aromatic rings. The van der Waals surface area contributed by atoms with E-state index in [9.17, 15) is 4.79 Å². The lowest BCUT2D eigenvalue weighted by Gasteiger charge is -2.26. The van der Waals surface area contributed by atoms with E-state index in [1.165, 1.54) is 35.0 Å². The number of carbonyl (C=O) groups is 1. The monoisotopic (exact) mass is 377 g/mol. The van der Waals surface area contributed by atoms with Gasteiger partial charge in [0, 0.05) is 18.0 Å². The average molecular weight is 378 g/mol. The Morgan fingerprint density at radius 2 is 2.20 bits per heavy atom. The molecule has 1 aliphatic carbocycles. The Labute approximate surface area is 156 Å². The van der Waals surface area contributed by atoms with Gasteiger partial charge >= 0.3 is 0 Å². The maximum absolute atomic E-state index is 12.2. The third kappa shape index (κ3) is 3.92. The average Bonchev–Trinajstić information content (AvgIpc) is 3.26. The summed E-state index contributed by atoms with van der Waals surface area (Å²) in [5.41, 5.74) is 1.44. The Morgan fingerprint density at radius 1 is 1.36 bits per heavy atom. The number of piperidine rings is 1. The Kier molecular flexibility index (Phi) is 5.12. The van der Waals surface area contributed by atoms with Gasteiger partial charge in [0.05, 0.1) is 10.6 Å². The van der Waals surface area contributed by atoms with Crippen LogP contribution in [0.3, 0.4) is 0 Å². The van der Waals surface area contributed by atoms with Gasteiger partial charge in [-0.25, -0.2) is 0 Å². The summed E-state index contributed by atoms with van der Waals surface area (Å²) < 4.78 is 5.79. The van der Waals surface area contributed by atoms with Gasteiger partial charge in [-0.2, -0.15) is 0 Å². The van der Waals surface area contributed by atoms with Crippen molar-refractivity contribution < 1.29 is 9.21 Å². The third-order valence-corrected chi connectivity index (χ3v) is 7.00. The van der Waals surface area contributed by atoms with Crippen molar-refractivity contribution in [3.05, 3.63) is 16.5 Å². The van der Waals surface area contributed by atoms with E-state index >= 15 is 0 Å². The summed E-state index contributed by atoms with van der Waals surface area (Å²) in [5.74, 6) is 1.88. The number of aryl methyl sites for hydroxylation is 1. The first-order chi connectivity index (χ1) is 12.2. The normalized spacial score (nSPS) is 20.5. The van der Waals surface area contributed by atoms with Crippen LogP contribution in [0.4, 0.5) is 0 Å². The Morgan fingerprint density at radius 3 is 3.04 bits per heavy atom. The zero-order valence-corrected chi connectivity index (χ0v) is 16.1. The minimum atomic E-state index is 0.171. The molecule has 0 saturated carbocycles. The maximum Gasteiger partial charge on any atom is 0.277 e. The predicted octanol–water partition coefficient (Wildman–Crippen LogP) is 4.03. The molecule has 1 aliphatic heterocycles. The number of thioether (sulfide) groups is 1. The summed E-state index contributed by atoms with van der Waals surface area (Å²) >= 11 is 3.12. The second-order valence-electron chi connectivity index (χ2n) is 7.01. The van der Waals surface area contributed by atoms with E-state index in [0.29, 0.717) is 16.9 Å².